The first-order valence-corrected chi connectivity index (χ1v) is 17.3. The number of hydrogen-bond acceptors (Lipinski definition) is 2. The predicted molar refractivity (Wildman–Crippen MR) is 206 cm³/mol. The number of ether oxygens (including phenoxy) is 1. The van der Waals surface area contributed by atoms with Gasteiger partial charge in [0.1, 0.15) is 11.5 Å². The first-order valence-electron chi connectivity index (χ1n) is 17.3. The molecule has 10 rings (SSSR count). The molecule has 8 aromatic carbocycles. The molecule has 1 aliphatic heterocycles. The van der Waals surface area contributed by atoms with E-state index < -0.39 is 5.41 Å². The quantitative estimate of drug-likeness (QED) is 0.190. The van der Waals surface area contributed by atoms with Gasteiger partial charge < -0.3 is 9.64 Å². The zero-order valence-electron chi connectivity index (χ0n) is 27.7. The van der Waals surface area contributed by atoms with E-state index in [-0.39, 0.29) is 0 Å². The lowest BCUT2D eigenvalue weighted by molar-refractivity contribution is 0.441. The highest BCUT2D eigenvalue weighted by Gasteiger charge is 2.51. The molecule has 0 fully saturated rings. The fourth-order valence-corrected chi connectivity index (χ4v) is 8.33. The summed E-state index contributed by atoms with van der Waals surface area (Å²) < 4.78 is 6.87. The van der Waals surface area contributed by atoms with Crippen molar-refractivity contribution in [3.63, 3.8) is 0 Å². The summed E-state index contributed by atoms with van der Waals surface area (Å²) in [5, 5.41) is 2.30. The molecule has 0 bridgehead atoms. The van der Waals surface area contributed by atoms with Crippen molar-refractivity contribution in [3.05, 3.63) is 210 Å². The smallest absolute Gasteiger partial charge is 0.140 e. The Morgan fingerprint density at radius 3 is 1.88 bits per heavy atom. The molecule has 1 spiro atoms. The Balaban J connectivity index is 1.24. The highest BCUT2D eigenvalue weighted by atomic mass is 16.5. The fraction of sp³-hybridized carbons (Fsp3) is 0.0417. The normalized spacial score (nSPS) is 15.1. The molecule has 0 saturated heterocycles. The van der Waals surface area contributed by atoms with Crippen molar-refractivity contribution in [1.82, 2.24) is 0 Å². The highest BCUT2D eigenvalue weighted by Crippen LogP contribution is 2.63. The molecule has 0 N–H and O–H groups in total. The third-order valence-corrected chi connectivity index (χ3v) is 10.6. The Morgan fingerprint density at radius 1 is 0.440 bits per heavy atom. The lowest BCUT2D eigenvalue weighted by atomic mass is 9.65. The Bertz CT molecular complexity index is 2570. The van der Waals surface area contributed by atoms with Crippen LogP contribution in [0.3, 0.4) is 0 Å². The second-order valence-electron chi connectivity index (χ2n) is 13.4. The Morgan fingerprint density at radius 2 is 1.06 bits per heavy atom. The van der Waals surface area contributed by atoms with Gasteiger partial charge in [-0.2, -0.15) is 0 Å². The van der Waals surface area contributed by atoms with Crippen LogP contribution < -0.4 is 9.64 Å². The van der Waals surface area contributed by atoms with Crippen molar-refractivity contribution >= 4 is 27.8 Å². The fourth-order valence-electron chi connectivity index (χ4n) is 8.33. The molecule has 0 amide bonds. The summed E-state index contributed by atoms with van der Waals surface area (Å²) in [5.74, 6) is 1.83. The maximum Gasteiger partial charge on any atom is 0.140 e. The summed E-state index contributed by atoms with van der Waals surface area (Å²) in [4.78, 5) is 2.39. The van der Waals surface area contributed by atoms with Gasteiger partial charge in [0.15, 0.2) is 0 Å². The number of aryl methyl sites for hydroxylation is 1. The second kappa shape index (κ2) is 11.1. The SMILES string of the molecule is Cc1ccc(N(c2ccc(-c3ccccc3)cc2)c2ccc3c(c2)C2(c4ccccc4Oc4c2ccc2ccccc42)c2ccccc2-3)cc1. The number of para-hydroxylation sites is 1. The number of hydrogen-bond donors (Lipinski definition) is 0. The molecule has 0 saturated carbocycles. The molecule has 0 radical (unpaired) electrons. The monoisotopic (exact) mass is 639 g/mol. The Kier molecular flexibility index (Phi) is 6.34. The van der Waals surface area contributed by atoms with Gasteiger partial charge in [0.05, 0.1) is 5.41 Å². The first kappa shape index (κ1) is 28.6. The molecule has 50 heavy (non-hydrogen) atoms. The summed E-state index contributed by atoms with van der Waals surface area (Å²) in [6, 6.07) is 66.1. The average molecular weight is 640 g/mol. The van der Waals surface area contributed by atoms with Crippen molar-refractivity contribution in [3.8, 4) is 33.8 Å². The standard InChI is InChI=1S/C48H33NO/c1-32-19-24-36(25-20-32)49(37-26-21-34(22-27-37)33-11-3-2-4-12-33)38-28-29-41-40-15-7-8-16-42(40)48(45(41)31-38)43-17-9-10-18-46(43)50-47-39-14-6-5-13-35(39)23-30-44(47)48/h2-31H,1H3. The van der Waals surface area contributed by atoms with Crippen LogP contribution >= 0.6 is 0 Å². The van der Waals surface area contributed by atoms with Gasteiger partial charge in [-0.25, -0.2) is 0 Å². The molecule has 2 heteroatoms. The van der Waals surface area contributed by atoms with Gasteiger partial charge in [-0.1, -0.05) is 145 Å². The van der Waals surface area contributed by atoms with Crippen LogP contribution in [-0.4, -0.2) is 0 Å². The number of benzene rings is 8. The van der Waals surface area contributed by atoms with Crippen LogP contribution in [0.4, 0.5) is 17.1 Å². The molecule has 236 valence electrons. The van der Waals surface area contributed by atoms with Gasteiger partial charge in [0, 0.05) is 33.6 Å². The van der Waals surface area contributed by atoms with E-state index in [1.165, 1.54) is 55.5 Å². The van der Waals surface area contributed by atoms with E-state index in [1.54, 1.807) is 0 Å². The van der Waals surface area contributed by atoms with Crippen molar-refractivity contribution in [1.29, 1.82) is 0 Å². The molecule has 8 aromatic rings. The summed E-state index contributed by atoms with van der Waals surface area (Å²) in [5.41, 5.74) is 13.8. The molecular formula is C48H33NO. The van der Waals surface area contributed by atoms with Crippen LogP contribution in [0.15, 0.2) is 182 Å². The van der Waals surface area contributed by atoms with E-state index in [0.717, 1.165) is 33.9 Å². The minimum atomic E-state index is -0.563. The van der Waals surface area contributed by atoms with Crippen molar-refractivity contribution in [2.75, 3.05) is 4.90 Å². The maximum atomic E-state index is 6.87. The molecule has 1 unspecified atom stereocenters. The number of anilines is 3. The van der Waals surface area contributed by atoms with Gasteiger partial charge in [-0.15, -0.1) is 0 Å². The van der Waals surface area contributed by atoms with E-state index >= 15 is 0 Å². The minimum Gasteiger partial charge on any atom is -0.456 e. The minimum absolute atomic E-state index is 0.563. The Labute approximate surface area is 292 Å². The summed E-state index contributed by atoms with van der Waals surface area (Å²) in [7, 11) is 0. The molecule has 2 nitrogen and oxygen atoms in total. The molecule has 0 aromatic heterocycles. The van der Waals surface area contributed by atoms with Gasteiger partial charge in [-0.3, -0.25) is 0 Å². The third kappa shape index (κ3) is 4.15. The molecule has 1 aliphatic carbocycles. The van der Waals surface area contributed by atoms with E-state index in [0.29, 0.717) is 0 Å². The zero-order chi connectivity index (χ0) is 33.2. The summed E-state index contributed by atoms with van der Waals surface area (Å²) in [6.07, 6.45) is 0. The van der Waals surface area contributed by atoms with E-state index in [9.17, 15) is 0 Å². The number of rotatable bonds is 4. The number of nitrogens with zero attached hydrogens (tertiary/aromatic N) is 1. The van der Waals surface area contributed by atoms with E-state index in [4.69, 9.17) is 4.74 Å². The summed E-state index contributed by atoms with van der Waals surface area (Å²) in [6.45, 7) is 2.14. The zero-order valence-corrected chi connectivity index (χ0v) is 27.7. The molecule has 2 aliphatic rings. The van der Waals surface area contributed by atoms with Crippen LogP contribution in [0.5, 0.6) is 11.5 Å². The third-order valence-electron chi connectivity index (χ3n) is 10.6. The van der Waals surface area contributed by atoms with Crippen molar-refractivity contribution < 1.29 is 4.74 Å². The largest absolute Gasteiger partial charge is 0.456 e. The predicted octanol–water partition coefficient (Wildman–Crippen LogP) is 12.8. The second-order valence-corrected chi connectivity index (χ2v) is 13.4. The van der Waals surface area contributed by atoms with Crippen LogP contribution in [0.2, 0.25) is 0 Å². The maximum absolute atomic E-state index is 6.87. The lowest BCUT2D eigenvalue weighted by Crippen LogP contribution is -2.32. The van der Waals surface area contributed by atoms with Crippen molar-refractivity contribution in [2.45, 2.75) is 12.3 Å². The lowest BCUT2D eigenvalue weighted by Gasteiger charge is -2.40. The Hall–Kier alpha value is -6.38. The van der Waals surface area contributed by atoms with E-state index in [1.807, 2.05) is 0 Å². The molecule has 1 heterocycles. The van der Waals surface area contributed by atoms with Crippen LogP contribution in [0.25, 0.3) is 33.0 Å². The number of fused-ring (bicyclic) bond motifs is 11. The topological polar surface area (TPSA) is 12.5 Å². The van der Waals surface area contributed by atoms with Crippen LogP contribution in [0.1, 0.15) is 27.8 Å². The van der Waals surface area contributed by atoms with Gasteiger partial charge in [0.25, 0.3) is 0 Å². The van der Waals surface area contributed by atoms with Gasteiger partial charge in [0.2, 0.25) is 0 Å². The molecule has 1 atom stereocenters. The summed E-state index contributed by atoms with van der Waals surface area (Å²) >= 11 is 0. The van der Waals surface area contributed by atoms with E-state index in [2.05, 4.69) is 194 Å². The van der Waals surface area contributed by atoms with Crippen LogP contribution in [-0.2, 0) is 5.41 Å². The van der Waals surface area contributed by atoms with Crippen LogP contribution in [0, 0.1) is 6.92 Å². The highest BCUT2D eigenvalue weighted by molar-refractivity contribution is 5.96. The van der Waals surface area contributed by atoms with Gasteiger partial charge in [-0.05, 0) is 88.2 Å². The van der Waals surface area contributed by atoms with Crippen molar-refractivity contribution in [2.24, 2.45) is 0 Å². The first-order chi connectivity index (χ1) is 24.7. The molecular weight excluding hydrogens is 607 g/mol. The van der Waals surface area contributed by atoms with Gasteiger partial charge >= 0.3 is 0 Å². The average Bonchev–Trinajstić information content (AvgIpc) is 3.46.